The first-order chi connectivity index (χ1) is 7.89. The Bertz CT molecular complexity index is 389. The smallest absolute Gasteiger partial charge is 0.234 e. The molecule has 0 atom stereocenters. The summed E-state index contributed by atoms with van der Waals surface area (Å²) in [5.74, 6) is 0.0386. The number of amides is 1. The van der Waals surface area contributed by atoms with Crippen LogP contribution >= 0.6 is 22.6 Å². The number of hydrogen-bond acceptors (Lipinski definition) is 3. The van der Waals surface area contributed by atoms with E-state index in [9.17, 15) is 4.79 Å². The third kappa shape index (κ3) is 3.38. The van der Waals surface area contributed by atoms with Crippen LogP contribution in [0.5, 0.6) is 0 Å². The molecule has 0 aromatic carbocycles. The summed E-state index contributed by atoms with van der Waals surface area (Å²) in [5, 5.41) is 0. The van der Waals surface area contributed by atoms with Crippen molar-refractivity contribution in [3.63, 3.8) is 0 Å². The van der Waals surface area contributed by atoms with Crippen LogP contribution in [0.15, 0.2) is 18.3 Å². The van der Waals surface area contributed by atoms with E-state index in [1.165, 1.54) is 0 Å². The lowest BCUT2D eigenvalue weighted by Gasteiger charge is -2.28. The van der Waals surface area contributed by atoms with Gasteiger partial charge in [-0.3, -0.25) is 9.78 Å². The Morgan fingerprint density at radius 2 is 2.18 bits per heavy atom. The maximum absolute atomic E-state index is 12.3. The van der Waals surface area contributed by atoms with Crippen molar-refractivity contribution in [2.45, 2.75) is 19.3 Å². The van der Waals surface area contributed by atoms with Crippen molar-refractivity contribution in [3.05, 3.63) is 27.6 Å². The van der Waals surface area contributed by atoms with Crippen molar-refractivity contribution >= 4 is 28.5 Å². The van der Waals surface area contributed by atoms with Gasteiger partial charge in [-0.1, -0.05) is 0 Å². The Hall–Kier alpha value is -0.690. The van der Waals surface area contributed by atoms with Crippen LogP contribution in [0.3, 0.4) is 0 Å². The maximum Gasteiger partial charge on any atom is 0.234 e. The number of nitrogens with two attached hydrogens (primary N) is 1. The van der Waals surface area contributed by atoms with Crippen molar-refractivity contribution in [1.82, 2.24) is 9.88 Å². The molecule has 0 aliphatic rings. The van der Waals surface area contributed by atoms with Crippen LogP contribution < -0.4 is 5.73 Å². The zero-order valence-corrected chi connectivity index (χ0v) is 12.6. The molecule has 17 heavy (non-hydrogen) atoms. The van der Waals surface area contributed by atoms with E-state index in [0.717, 1.165) is 9.26 Å². The van der Waals surface area contributed by atoms with E-state index in [-0.39, 0.29) is 5.91 Å². The molecule has 1 rings (SSSR count). The van der Waals surface area contributed by atoms with Crippen LogP contribution in [0.25, 0.3) is 0 Å². The number of nitrogens with zero attached hydrogens (tertiary/aromatic N) is 2. The van der Waals surface area contributed by atoms with Gasteiger partial charge in [-0.25, -0.2) is 0 Å². The van der Waals surface area contributed by atoms with Gasteiger partial charge in [0.15, 0.2) is 0 Å². The Morgan fingerprint density at radius 3 is 2.65 bits per heavy atom. The fourth-order valence-electron chi connectivity index (χ4n) is 1.63. The van der Waals surface area contributed by atoms with Crippen molar-refractivity contribution in [2.24, 2.45) is 5.73 Å². The molecule has 94 valence electrons. The summed E-state index contributed by atoms with van der Waals surface area (Å²) in [6, 6.07) is 3.86. The minimum absolute atomic E-state index is 0.0386. The summed E-state index contributed by atoms with van der Waals surface area (Å²) in [7, 11) is 1.77. The first-order valence-corrected chi connectivity index (χ1v) is 6.55. The zero-order chi connectivity index (χ0) is 13.1. The molecule has 0 saturated heterocycles. The lowest BCUT2D eigenvalue weighted by Crippen LogP contribution is -2.43. The van der Waals surface area contributed by atoms with Gasteiger partial charge in [0.1, 0.15) is 0 Å². The lowest BCUT2D eigenvalue weighted by molar-refractivity contribution is -0.134. The topological polar surface area (TPSA) is 59.2 Å². The van der Waals surface area contributed by atoms with Crippen LogP contribution in [0.4, 0.5) is 0 Å². The second kappa shape index (κ2) is 5.77. The lowest BCUT2D eigenvalue weighted by atomic mass is 9.87. The second-order valence-corrected chi connectivity index (χ2v) is 5.75. The van der Waals surface area contributed by atoms with Gasteiger partial charge in [0.05, 0.1) is 11.1 Å². The van der Waals surface area contributed by atoms with Gasteiger partial charge in [-0.2, -0.15) is 0 Å². The fraction of sp³-hybridized carbons (Fsp3) is 0.500. The number of halogens is 1. The molecule has 0 radical (unpaired) electrons. The summed E-state index contributed by atoms with van der Waals surface area (Å²) >= 11 is 2.19. The molecule has 0 spiro atoms. The summed E-state index contributed by atoms with van der Waals surface area (Å²) in [6.45, 7) is 4.81. The van der Waals surface area contributed by atoms with Crippen LogP contribution in [-0.2, 0) is 10.2 Å². The third-order valence-corrected chi connectivity index (χ3v) is 3.35. The maximum atomic E-state index is 12.3. The quantitative estimate of drug-likeness (QED) is 0.838. The van der Waals surface area contributed by atoms with Crippen molar-refractivity contribution in [1.29, 1.82) is 0 Å². The first kappa shape index (κ1) is 14.4. The summed E-state index contributed by atoms with van der Waals surface area (Å²) in [4.78, 5) is 18.2. The minimum Gasteiger partial charge on any atom is -0.344 e. The van der Waals surface area contributed by atoms with Crippen LogP contribution in [0, 0.1) is 3.57 Å². The highest BCUT2D eigenvalue weighted by atomic mass is 127. The van der Waals surface area contributed by atoms with Crippen LogP contribution in [0.2, 0.25) is 0 Å². The van der Waals surface area contributed by atoms with Gasteiger partial charge < -0.3 is 10.6 Å². The monoisotopic (exact) mass is 347 g/mol. The molecular weight excluding hydrogens is 329 g/mol. The van der Waals surface area contributed by atoms with Crippen molar-refractivity contribution in [2.75, 3.05) is 20.1 Å². The van der Waals surface area contributed by atoms with E-state index < -0.39 is 5.41 Å². The van der Waals surface area contributed by atoms with Gasteiger partial charge in [0.25, 0.3) is 0 Å². The van der Waals surface area contributed by atoms with Crippen molar-refractivity contribution < 1.29 is 4.79 Å². The highest BCUT2D eigenvalue weighted by Crippen LogP contribution is 2.23. The molecule has 0 aliphatic heterocycles. The predicted molar refractivity (Wildman–Crippen MR) is 76.7 cm³/mol. The molecule has 0 aliphatic carbocycles. The number of likely N-dealkylation sites (N-methyl/N-ethyl adjacent to an activating group) is 1. The molecule has 0 fully saturated rings. The molecule has 5 heteroatoms. The molecule has 4 nitrogen and oxygen atoms in total. The van der Waals surface area contributed by atoms with E-state index in [4.69, 9.17) is 5.73 Å². The Balaban J connectivity index is 2.93. The summed E-state index contributed by atoms with van der Waals surface area (Å²) in [5.41, 5.74) is 5.63. The molecule has 1 heterocycles. The van der Waals surface area contributed by atoms with Gasteiger partial charge in [0.2, 0.25) is 5.91 Å². The average Bonchev–Trinajstić information content (AvgIpc) is 2.29. The van der Waals surface area contributed by atoms with Crippen molar-refractivity contribution in [3.8, 4) is 0 Å². The Kier molecular flexibility index (Phi) is 4.88. The van der Waals surface area contributed by atoms with E-state index >= 15 is 0 Å². The predicted octanol–water partition coefficient (Wildman–Crippen LogP) is 1.38. The number of carbonyl (C=O) groups is 1. The van der Waals surface area contributed by atoms with Gasteiger partial charge in [-0.05, 0) is 48.6 Å². The van der Waals surface area contributed by atoms with Gasteiger partial charge in [-0.15, -0.1) is 0 Å². The average molecular weight is 347 g/mol. The molecule has 2 N–H and O–H groups in total. The summed E-state index contributed by atoms with van der Waals surface area (Å²) < 4.78 is 1.06. The highest BCUT2D eigenvalue weighted by molar-refractivity contribution is 14.1. The van der Waals surface area contributed by atoms with E-state index in [1.54, 1.807) is 18.1 Å². The Labute approximate surface area is 116 Å². The normalized spacial score (nSPS) is 11.4. The van der Waals surface area contributed by atoms with E-state index in [0.29, 0.717) is 13.1 Å². The summed E-state index contributed by atoms with van der Waals surface area (Å²) in [6.07, 6.45) is 1.77. The van der Waals surface area contributed by atoms with E-state index in [1.807, 2.05) is 26.0 Å². The zero-order valence-electron chi connectivity index (χ0n) is 10.4. The number of carbonyl (C=O) groups excluding carboxylic acids is 1. The number of aromatic nitrogens is 1. The molecule has 0 unspecified atom stereocenters. The fourth-order valence-corrected chi connectivity index (χ4v) is 1.95. The number of rotatable bonds is 4. The third-order valence-electron chi connectivity index (χ3n) is 2.71. The Morgan fingerprint density at radius 1 is 1.53 bits per heavy atom. The molecule has 1 aromatic rings. The van der Waals surface area contributed by atoms with E-state index in [2.05, 4.69) is 27.6 Å². The molecule has 1 aromatic heterocycles. The van der Waals surface area contributed by atoms with Crippen LogP contribution in [-0.4, -0.2) is 35.9 Å². The van der Waals surface area contributed by atoms with Gasteiger partial charge in [0, 0.05) is 29.9 Å². The number of hydrogen-bond donors (Lipinski definition) is 1. The molecule has 0 saturated carbocycles. The largest absolute Gasteiger partial charge is 0.344 e. The highest BCUT2D eigenvalue weighted by Gasteiger charge is 2.33. The first-order valence-electron chi connectivity index (χ1n) is 5.47. The number of pyridine rings is 1. The molecular formula is C12H18IN3O. The van der Waals surface area contributed by atoms with Crippen LogP contribution in [0.1, 0.15) is 19.5 Å². The molecule has 1 amide bonds. The molecule has 0 bridgehead atoms. The minimum atomic E-state index is -0.617. The standard InChI is InChI=1S/C12H18IN3O/c1-12(2,11(17)16(3)7-6-14)10-5-4-9(13)8-15-10/h4-5,8H,6-7,14H2,1-3H3. The second-order valence-electron chi connectivity index (χ2n) is 4.50. The van der Waals surface area contributed by atoms with Gasteiger partial charge >= 0.3 is 0 Å². The SMILES string of the molecule is CN(CCN)C(=O)C(C)(C)c1ccc(I)cn1.